The zero-order valence-electron chi connectivity index (χ0n) is 19.6. The number of halogens is 1. The molecule has 3 aromatic rings. The molecule has 0 unspecified atom stereocenters. The average molecular weight is 487 g/mol. The first-order chi connectivity index (χ1) is 16.0. The first-order valence-corrected chi connectivity index (χ1v) is 11.7. The van der Waals surface area contributed by atoms with E-state index in [2.05, 4.69) is 41.3 Å². The molecule has 1 aliphatic rings. The number of hydrogen-bond acceptors (Lipinski definition) is 8. The van der Waals surface area contributed by atoms with E-state index >= 15 is 0 Å². The number of phenols is 4. The van der Waals surface area contributed by atoms with Crippen molar-refractivity contribution in [3.05, 3.63) is 40.9 Å². The molecule has 2 aromatic carbocycles. The first kappa shape index (κ1) is 24.0. The Balaban J connectivity index is 1.69. The Morgan fingerprint density at radius 3 is 2.21 bits per heavy atom. The molecular weight excluding hydrogens is 456 g/mol. The van der Waals surface area contributed by atoms with E-state index in [1.807, 2.05) is 12.1 Å². The van der Waals surface area contributed by atoms with Crippen LogP contribution in [-0.2, 0) is 6.54 Å². The molecule has 0 saturated carbocycles. The highest BCUT2D eigenvalue weighted by molar-refractivity contribution is 6.30. The predicted octanol–water partition coefficient (Wildman–Crippen LogP) is 4.68. The van der Waals surface area contributed by atoms with Crippen molar-refractivity contribution in [1.29, 1.82) is 0 Å². The van der Waals surface area contributed by atoms with Gasteiger partial charge in [0.05, 0.1) is 11.1 Å². The van der Waals surface area contributed by atoms with Crippen molar-refractivity contribution in [2.45, 2.75) is 51.7 Å². The summed E-state index contributed by atoms with van der Waals surface area (Å²) < 4.78 is 0. The van der Waals surface area contributed by atoms with E-state index in [9.17, 15) is 20.4 Å². The Morgan fingerprint density at radius 2 is 1.59 bits per heavy atom. The van der Waals surface area contributed by atoms with Gasteiger partial charge in [-0.25, -0.2) is 4.98 Å². The molecule has 182 valence electrons. The summed E-state index contributed by atoms with van der Waals surface area (Å²) in [6.07, 6.45) is 1.79. The summed E-state index contributed by atoms with van der Waals surface area (Å²) in [6.45, 7) is 8.32. The van der Waals surface area contributed by atoms with Crippen molar-refractivity contribution < 1.29 is 20.4 Å². The molecular formula is C25H31ClN4O4. The lowest BCUT2D eigenvalue weighted by atomic mass is 9.99. The van der Waals surface area contributed by atoms with E-state index in [0.717, 1.165) is 18.4 Å². The highest BCUT2D eigenvalue weighted by Gasteiger charge is 2.28. The fraction of sp³-hybridized carbons (Fsp3) is 0.400. The summed E-state index contributed by atoms with van der Waals surface area (Å²) >= 11 is 5.97. The van der Waals surface area contributed by atoms with Crippen molar-refractivity contribution in [3.8, 4) is 23.0 Å². The van der Waals surface area contributed by atoms with Gasteiger partial charge in [-0.05, 0) is 51.3 Å². The van der Waals surface area contributed by atoms with Gasteiger partial charge >= 0.3 is 0 Å². The molecule has 8 nitrogen and oxygen atoms in total. The smallest absolute Gasteiger partial charge is 0.206 e. The minimum Gasteiger partial charge on any atom is -0.504 e. The topological polar surface area (TPSA) is 121 Å². The van der Waals surface area contributed by atoms with Crippen LogP contribution in [0.2, 0.25) is 5.02 Å². The van der Waals surface area contributed by atoms with E-state index in [0.29, 0.717) is 42.2 Å². The lowest BCUT2D eigenvalue weighted by molar-refractivity contribution is 0.317. The quantitative estimate of drug-likeness (QED) is 0.227. The maximum absolute atomic E-state index is 10.7. The number of anilines is 2. The van der Waals surface area contributed by atoms with Gasteiger partial charge in [0.15, 0.2) is 11.5 Å². The summed E-state index contributed by atoms with van der Waals surface area (Å²) in [6, 6.07) is 9.57. The SMILES string of the molecule is CC(C)(C)NC1CCN(c2cc(NCc3ccc(Cl)cc3)nc3c(O)c(O)c(O)c(O)c23)CC1. The molecule has 0 aliphatic carbocycles. The van der Waals surface area contributed by atoms with Gasteiger partial charge in [0.2, 0.25) is 11.5 Å². The minimum atomic E-state index is -0.800. The normalized spacial score (nSPS) is 15.1. The largest absolute Gasteiger partial charge is 0.504 e. The van der Waals surface area contributed by atoms with Gasteiger partial charge in [0.25, 0.3) is 0 Å². The number of nitrogens with zero attached hydrogens (tertiary/aromatic N) is 2. The third-order valence-electron chi connectivity index (χ3n) is 5.99. The van der Waals surface area contributed by atoms with E-state index in [1.54, 1.807) is 18.2 Å². The third-order valence-corrected chi connectivity index (χ3v) is 6.24. The summed E-state index contributed by atoms with van der Waals surface area (Å²) in [5.41, 5.74) is 1.64. The molecule has 0 radical (unpaired) electrons. The lowest BCUT2D eigenvalue weighted by Gasteiger charge is -2.37. The summed E-state index contributed by atoms with van der Waals surface area (Å²) in [7, 11) is 0. The maximum atomic E-state index is 10.7. The zero-order chi connectivity index (χ0) is 24.6. The van der Waals surface area contributed by atoms with Crippen molar-refractivity contribution >= 4 is 34.0 Å². The second-order valence-electron chi connectivity index (χ2n) is 9.78. The van der Waals surface area contributed by atoms with Crippen molar-refractivity contribution in [2.75, 3.05) is 23.3 Å². The first-order valence-electron chi connectivity index (χ1n) is 11.3. The summed E-state index contributed by atoms with van der Waals surface area (Å²) in [5.74, 6) is -2.18. The fourth-order valence-corrected chi connectivity index (χ4v) is 4.53. The van der Waals surface area contributed by atoms with Crippen LogP contribution in [0.4, 0.5) is 11.5 Å². The number of rotatable bonds is 5. The van der Waals surface area contributed by atoms with E-state index in [1.165, 1.54) is 0 Å². The highest BCUT2D eigenvalue weighted by atomic mass is 35.5. The molecule has 9 heteroatoms. The van der Waals surface area contributed by atoms with Gasteiger partial charge in [-0.15, -0.1) is 0 Å². The van der Waals surface area contributed by atoms with E-state index < -0.39 is 23.0 Å². The number of phenolic OH excluding ortho intramolecular Hbond substituents is 4. The molecule has 0 atom stereocenters. The van der Waals surface area contributed by atoms with E-state index in [-0.39, 0.29) is 16.4 Å². The van der Waals surface area contributed by atoms with Crippen LogP contribution in [-0.4, -0.2) is 50.1 Å². The Labute approximate surface area is 203 Å². The average Bonchev–Trinajstić information content (AvgIpc) is 2.80. The van der Waals surface area contributed by atoms with Gasteiger partial charge in [-0.1, -0.05) is 23.7 Å². The monoisotopic (exact) mass is 486 g/mol. The van der Waals surface area contributed by atoms with Crippen LogP contribution in [0.15, 0.2) is 30.3 Å². The van der Waals surface area contributed by atoms with Gasteiger partial charge in [-0.3, -0.25) is 0 Å². The Bertz CT molecular complexity index is 1190. The molecule has 1 fully saturated rings. The summed E-state index contributed by atoms with van der Waals surface area (Å²) in [5, 5.41) is 49.2. The molecule has 34 heavy (non-hydrogen) atoms. The van der Waals surface area contributed by atoms with Crippen molar-refractivity contribution in [2.24, 2.45) is 0 Å². The predicted molar refractivity (Wildman–Crippen MR) is 135 cm³/mol. The van der Waals surface area contributed by atoms with Crippen LogP contribution in [0.1, 0.15) is 39.2 Å². The molecule has 0 spiro atoms. The molecule has 6 N–H and O–H groups in total. The Kier molecular flexibility index (Phi) is 6.55. The van der Waals surface area contributed by atoms with Crippen LogP contribution in [0.5, 0.6) is 23.0 Å². The standard InChI is InChI=1S/C25H31ClN4O4/c1-25(2,3)29-16-8-10-30(11-9-16)17-12-18(27-13-14-4-6-15(26)7-5-14)28-20-19(17)21(31)23(33)24(34)22(20)32/h4-7,12,16,29,31-34H,8-11,13H2,1-3H3,(H,27,28). The Hall–Kier alpha value is -3.10. The third kappa shape index (κ3) is 5.03. The number of hydrogen-bond donors (Lipinski definition) is 6. The van der Waals surface area contributed by atoms with Gasteiger partial charge in [0, 0.05) is 42.3 Å². The number of fused-ring (bicyclic) bond motifs is 1. The maximum Gasteiger partial charge on any atom is 0.206 e. The second kappa shape index (κ2) is 9.27. The van der Waals surface area contributed by atoms with Crippen LogP contribution in [0.3, 0.4) is 0 Å². The highest BCUT2D eigenvalue weighted by Crippen LogP contribution is 2.51. The lowest BCUT2D eigenvalue weighted by Crippen LogP contribution is -2.49. The van der Waals surface area contributed by atoms with Crippen LogP contribution in [0, 0.1) is 0 Å². The van der Waals surface area contributed by atoms with Gasteiger partial charge in [0.1, 0.15) is 11.3 Å². The second-order valence-corrected chi connectivity index (χ2v) is 10.2. The van der Waals surface area contributed by atoms with Crippen molar-refractivity contribution in [1.82, 2.24) is 10.3 Å². The molecule has 4 rings (SSSR count). The number of aromatic hydroxyl groups is 4. The van der Waals surface area contributed by atoms with Crippen LogP contribution < -0.4 is 15.5 Å². The number of nitrogens with one attached hydrogen (secondary N) is 2. The number of benzene rings is 2. The van der Waals surface area contributed by atoms with Gasteiger partial charge < -0.3 is 36.0 Å². The van der Waals surface area contributed by atoms with Crippen molar-refractivity contribution in [3.63, 3.8) is 0 Å². The molecule has 1 aromatic heterocycles. The number of piperidine rings is 1. The van der Waals surface area contributed by atoms with Crippen LogP contribution in [0.25, 0.3) is 10.9 Å². The molecule has 0 bridgehead atoms. The molecule has 2 heterocycles. The van der Waals surface area contributed by atoms with E-state index in [4.69, 9.17) is 11.6 Å². The Morgan fingerprint density at radius 1 is 0.971 bits per heavy atom. The van der Waals surface area contributed by atoms with Gasteiger partial charge in [-0.2, -0.15) is 0 Å². The number of aromatic nitrogens is 1. The molecule has 1 aliphatic heterocycles. The molecule has 0 amide bonds. The number of pyridine rings is 1. The zero-order valence-corrected chi connectivity index (χ0v) is 20.3. The van der Waals surface area contributed by atoms with Crippen LogP contribution >= 0.6 is 11.6 Å². The summed E-state index contributed by atoms with van der Waals surface area (Å²) in [4.78, 5) is 6.54. The minimum absolute atomic E-state index is 0.0128. The molecule has 1 saturated heterocycles. The fourth-order valence-electron chi connectivity index (χ4n) is 4.40.